The quantitative estimate of drug-likeness (QED) is 0.850. The molecule has 0 radical (unpaired) electrons. The molecule has 0 aliphatic carbocycles. The number of methoxy groups -OCH3 is 1. The van der Waals surface area contributed by atoms with Gasteiger partial charge in [0.2, 0.25) is 0 Å². The highest BCUT2D eigenvalue weighted by Crippen LogP contribution is 2.39. The predicted molar refractivity (Wildman–Crippen MR) is 66.1 cm³/mol. The normalized spacial score (nSPS) is 27.2. The predicted octanol–water partition coefficient (Wildman–Crippen LogP) is 2.32. The Balaban J connectivity index is 2.08. The molecule has 3 nitrogen and oxygen atoms in total. The third kappa shape index (κ3) is 1.74. The van der Waals surface area contributed by atoms with E-state index in [-0.39, 0.29) is 5.54 Å². The van der Waals surface area contributed by atoms with E-state index in [1.807, 2.05) is 0 Å². The van der Waals surface area contributed by atoms with Crippen molar-refractivity contribution < 1.29 is 9.47 Å². The Labute approximate surface area is 102 Å². The van der Waals surface area contributed by atoms with Crippen LogP contribution in [-0.4, -0.2) is 13.7 Å². The van der Waals surface area contributed by atoms with Gasteiger partial charge in [-0.15, -0.1) is 0 Å². The van der Waals surface area contributed by atoms with Gasteiger partial charge in [-0.05, 0) is 49.6 Å². The van der Waals surface area contributed by atoms with Crippen molar-refractivity contribution >= 4 is 0 Å². The molecule has 1 atom stereocenters. The standard InChI is InChI=1S/C14H19NO2/c1-14(4-3-5-15-14)12-6-10-8-17-9-11(10)7-13(12)16-2/h6-7,15H,3-5,8-9H2,1-2H3. The summed E-state index contributed by atoms with van der Waals surface area (Å²) in [5.41, 5.74) is 3.92. The first-order valence-corrected chi connectivity index (χ1v) is 6.26. The molecule has 0 aromatic heterocycles. The highest BCUT2D eigenvalue weighted by atomic mass is 16.5. The third-order valence-electron chi connectivity index (χ3n) is 4.00. The first-order chi connectivity index (χ1) is 8.23. The zero-order valence-electron chi connectivity index (χ0n) is 10.5. The number of benzene rings is 1. The van der Waals surface area contributed by atoms with E-state index in [1.54, 1.807) is 7.11 Å². The summed E-state index contributed by atoms with van der Waals surface area (Å²) in [6.45, 7) is 4.81. The number of nitrogens with one attached hydrogen (secondary N) is 1. The van der Waals surface area contributed by atoms with Gasteiger partial charge in [-0.2, -0.15) is 0 Å². The molecule has 17 heavy (non-hydrogen) atoms. The van der Waals surface area contributed by atoms with Crippen molar-refractivity contribution in [1.82, 2.24) is 5.32 Å². The number of hydrogen-bond donors (Lipinski definition) is 1. The monoisotopic (exact) mass is 233 g/mol. The molecule has 2 heterocycles. The number of rotatable bonds is 2. The molecule has 0 amide bonds. The van der Waals surface area contributed by atoms with Gasteiger partial charge in [-0.3, -0.25) is 0 Å². The Kier molecular flexibility index (Phi) is 2.60. The van der Waals surface area contributed by atoms with E-state index < -0.39 is 0 Å². The molecule has 1 fully saturated rings. The van der Waals surface area contributed by atoms with Crippen LogP contribution in [0.25, 0.3) is 0 Å². The van der Waals surface area contributed by atoms with E-state index in [0.717, 1.165) is 25.5 Å². The summed E-state index contributed by atoms with van der Waals surface area (Å²) in [6.07, 6.45) is 2.40. The molecule has 0 spiro atoms. The van der Waals surface area contributed by atoms with Gasteiger partial charge < -0.3 is 14.8 Å². The van der Waals surface area contributed by atoms with Crippen molar-refractivity contribution in [1.29, 1.82) is 0 Å². The average molecular weight is 233 g/mol. The van der Waals surface area contributed by atoms with Crippen molar-refractivity contribution in [2.24, 2.45) is 0 Å². The van der Waals surface area contributed by atoms with Crippen molar-refractivity contribution in [3.8, 4) is 5.75 Å². The minimum absolute atomic E-state index is 0.0585. The van der Waals surface area contributed by atoms with Crippen LogP contribution < -0.4 is 10.1 Å². The maximum absolute atomic E-state index is 5.55. The molecule has 1 aromatic carbocycles. The summed E-state index contributed by atoms with van der Waals surface area (Å²) in [7, 11) is 1.75. The van der Waals surface area contributed by atoms with Gasteiger partial charge >= 0.3 is 0 Å². The second-order valence-corrected chi connectivity index (χ2v) is 5.18. The van der Waals surface area contributed by atoms with Crippen LogP contribution in [-0.2, 0) is 23.5 Å². The summed E-state index contributed by atoms with van der Waals surface area (Å²) in [4.78, 5) is 0. The van der Waals surface area contributed by atoms with Crippen LogP contribution in [0.4, 0.5) is 0 Å². The molecule has 2 aliphatic heterocycles. The first kappa shape index (κ1) is 11.1. The lowest BCUT2D eigenvalue weighted by atomic mass is 9.87. The third-order valence-corrected chi connectivity index (χ3v) is 4.00. The van der Waals surface area contributed by atoms with E-state index in [9.17, 15) is 0 Å². The van der Waals surface area contributed by atoms with Gasteiger partial charge in [0.15, 0.2) is 0 Å². The van der Waals surface area contributed by atoms with Crippen molar-refractivity contribution in [3.05, 3.63) is 28.8 Å². The Hall–Kier alpha value is -1.06. The molecule has 0 saturated carbocycles. The van der Waals surface area contributed by atoms with E-state index in [4.69, 9.17) is 9.47 Å². The topological polar surface area (TPSA) is 30.5 Å². The smallest absolute Gasteiger partial charge is 0.124 e. The zero-order valence-corrected chi connectivity index (χ0v) is 10.5. The van der Waals surface area contributed by atoms with E-state index in [0.29, 0.717) is 0 Å². The van der Waals surface area contributed by atoms with Gasteiger partial charge in [0, 0.05) is 11.1 Å². The van der Waals surface area contributed by atoms with E-state index >= 15 is 0 Å². The lowest BCUT2D eigenvalue weighted by Crippen LogP contribution is -2.33. The van der Waals surface area contributed by atoms with Crippen LogP contribution in [0, 0.1) is 0 Å². The van der Waals surface area contributed by atoms with Crippen LogP contribution in [0.5, 0.6) is 5.75 Å². The van der Waals surface area contributed by atoms with Gasteiger partial charge in [0.1, 0.15) is 5.75 Å². The number of ether oxygens (including phenoxy) is 2. The second-order valence-electron chi connectivity index (χ2n) is 5.18. The maximum atomic E-state index is 5.55. The van der Waals surface area contributed by atoms with Gasteiger partial charge in [-0.1, -0.05) is 0 Å². The summed E-state index contributed by atoms with van der Waals surface area (Å²) in [6, 6.07) is 4.41. The number of fused-ring (bicyclic) bond motifs is 1. The molecule has 92 valence electrons. The fourth-order valence-corrected chi connectivity index (χ4v) is 2.93. The molecule has 3 heteroatoms. The summed E-state index contributed by atoms with van der Waals surface area (Å²) in [5, 5.41) is 3.59. The first-order valence-electron chi connectivity index (χ1n) is 6.26. The fourth-order valence-electron chi connectivity index (χ4n) is 2.93. The Bertz CT molecular complexity index is 436. The van der Waals surface area contributed by atoms with Crippen LogP contribution in [0.2, 0.25) is 0 Å². The lowest BCUT2D eigenvalue weighted by molar-refractivity contribution is 0.134. The molecule has 1 N–H and O–H groups in total. The second kappa shape index (κ2) is 4.00. The molecular formula is C14H19NO2. The fraction of sp³-hybridized carbons (Fsp3) is 0.571. The maximum Gasteiger partial charge on any atom is 0.124 e. The van der Waals surface area contributed by atoms with Gasteiger partial charge in [-0.25, -0.2) is 0 Å². The zero-order chi connectivity index (χ0) is 11.9. The van der Waals surface area contributed by atoms with Crippen molar-refractivity contribution in [2.45, 2.75) is 38.5 Å². The van der Waals surface area contributed by atoms with E-state index in [1.165, 1.54) is 29.5 Å². The largest absolute Gasteiger partial charge is 0.496 e. The molecule has 2 aliphatic rings. The molecule has 0 bridgehead atoms. The Morgan fingerprint density at radius 2 is 2.06 bits per heavy atom. The molecule has 1 saturated heterocycles. The van der Waals surface area contributed by atoms with Crippen LogP contribution in [0.15, 0.2) is 12.1 Å². The van der Waals surface area contributed by atoms with E-state index in [2.05, 4.69) is 24.4 Å². The highest BCUT2D eigenvalue weighted by molar-refractivity contribution is 5.47. The number of hydrogen-bond acceptors (Lipinski definition) is 3. The summed E-state index contributed by atoms with van der Waals surface area (Å²) >= 11 is 0. The SMILES string of the molecule is COc1cc2c(cc1C1(C)CCCN1)COC2. The van der Waals surface area contributed by atoms with Gasteiger partial charge in [0.05, 0.1) is 20.3 Å². The minimum atomic E-state index is 0.0585. The molecule has 1 aromatic rings. The summed E-state index contributed by atoms with van der Waals surface area (Å²) < 4.78 is 11.0. The average Bonchev–Trinajstić information content (AvgIpc) is 2.95. The lowest BCUT2D eigenvalue weighted by Gasteiger charge is -2.27. The minimum Gasteiger partial charge on any atom is -0.496 e. The van der Waals surface area contributed by atoms with Crippen LogP contribution in [0.1, 0.15) is 36.5 Å². The van der Waals surface area contributed by atoms with Gasteiger partial charge in [0.25, 0.3) is 0 Å². The van der Waals surface area contributed by atoms with Crippen molar-refractivity contribution in [3.63, 3.8) is 0 Å². The Morgan fingerprint density at radius 3 is 2.71 bits per heavy atom. The summed E-state index contributed by atoms with van der Waals surface area (Å²) in [5.74, 6) is 0.992. The van der Waals surface area contributed by atoms with Crippen molar-refractivity contribution in [2.75, 3.05) is 13.7 Å². The highest BCUT2D eigenvalue weighted by Gasteiger charge is 2.33. The van der Waals surface area contributed by atoms with Crippen LogP contribution >= 0.6 is 0 Å². The molecular weight excluding hydrogens is 214 g/mol. The molecule has 3 rings (SSSR count). The molecule has 1 unspecified atom stereocenters. The van der Waals surface area contributed by atoms with Crippen LogP contribution in [0.3, 0.4) is 0 Å². The Morgan fingerprint density at radius 1 is 1.29 bits per heavy atom.